The molecule has 0 N–H and O–H groups in total. The number of rotatable bonds is 3. The summed E-state index contributed by atoms with van der Waals surface area (Å²) in [5, 5.41) is 0.974. The van der Waals surface area contributed by atoms with E-state index in [-0.39, 0.29) is 23.9 Å². The van der Waals surface area contributed by atoms with Crippen molar-refractivity contribution in [1.82, 2.24) is 4.90 Å². The largest absolute Gasteiger partial charge is 0.501 e. The lowest BCUT2D eigenvalue weighted by atomic mass is 9.59. The molecule has 5 unspecified atom stereocenters. The minimum Gasteiger partial charge on any atom is -0.399 e. The Kier molecular flexibility index (Phi) is 4.92. The Morgan fingerprint density at radius 3 is 2.39 bits per heavy atom. The van der Waals surface area contributed by atoms with Crippen LogP contribution in [0.1, 0.15) is 66.2 Å². The summed E-state index contributed by atoms with van der Waals surface area (Å²) in [6, 6.07) is 0.664. The van der Waals surface area contributed by atoms with E-state index in [9.17, 15) is 0 Å². The summed E-state index contributed by atoms with van der Waals surface area (Å²) in [4.78, 5) is 10.9. The normalized spacial score (nSPS) is 43.3. The van der Waals surface area contributed by atoms with Crippen LogP contribution in [0.5, 0.6) is 0 Å². The van der Waals surface area contributed by atoms with Crippen LogP contribution in [-0.4, -0.2) is 64.6 Å². The fourth-order valence-electron chi connectivity index (χ4n) is 6.38. The number of thioether (sulfide) groups is 2. The van der Waals surface area contributed by atoms with Gasteiger partial charge in [-0.1, -0.05) is 12.2 Å². The molecule has 0 aromatic carbocycles. The minimum absolute atomic E-state index is 0.217. The molecule has 7 heteroatoms. The van der Waals surface area contributed by atoms with E-state index in [0.29, 0.717) is 16.5 Å². The van der Waals surface area contributed by atoms with E-state index in [2.05, 4.69) is 51.8 Å². The first-order valence-electron chi connectivity index (χ1n) is 12.1. The Balaban J connectivity index is 1.18. The number of aliphatic imine (C=N–C) groups is 1. The Morgan fingerprint density at radius 2 is 1.77 bits per heavy atom. The van der Waals surface area contributed by atoms with Gasteiger partial charge in [0.2, 0.25) is 0 Å². The van der Waals surface area contributed by atoms with Gasteiger partial charge in [-0.15, -0.1) is 23.5 Å². The Hall–Kier alpha value is -0.205. The molecule has 5 atom stereocenters. The van der Waals surface area contributed by atoms with Crippen molar-refractivity contribution in [1.29, 1.82) is 0 Å². The zero-order valence-electron chi connectivity index (χ0n) is 19.5. The zero-order valence-corrected chi connectivity index (χ0v) is 21.2. The van der Waals surface area contributed by atoms with Crippen LogP contribution in [-0.2, 0) is 9.31 Å². The standard InChI is InChI=1S/C24H35BN2O2S2/c1-22(2)23(3,4)29-25(28-22)21-14-19-18(31-21)13-17(30-19)16-9-8-15-10-11-24(15,26-16)20-7-6-12-27(20)5/h13-15,18-20H,6-12H2,1-5H3. The van der Waals surface area contributed by atoms with Gasteiger partial charge >= 0.3 is 7.12 Å². The van der Waals surface area contributed by atoms with E-state index in [0.717, 1.165) is 5.92 Å². The van der Waals surface area contributed by atoms with E-state index in [4.69, 9.17) is 14.3 Å². The predicted octanol–water partition coefficient (Wildman–Crippen LogP) is 5.09. The molecule has 0 aromatic rings. The van der Waals surface area contributed by atoms with Crippen LogP contribution in [0.4, 0.5) is 0 Å². The fraction of sp³-hybridized carbons (Fsp3) is 0.792. The van der Waals surface area contributed by atoms with Gasteiger partial charge in [-0.2, -0.15) is 0 Å². The molecule has 2 saturated heterocycles. The highest BCUT2D eigenvalue weighted by Gasteiger charge is 2.57. The van der Waals surface area contributed by atoms with Crippen molar-refractivity contribution in [3.63, 3.8) is 0 Å². The molecule has 3 fully saturated rings. The van der Waals surface area contributed by atoms with Crippen LogP contribution in [0.3, 0.4) is 0 Å². The molecule has 31 heavy (non-hydrogen) atoms. The summed E-state index contributed by atoms with van der Waals surface area (Å²) in [7, 11) is 2.10. The van der Waals surface area contributed by atoms with Gasteiger partial charge in [0.15, 0.2) is 0 Å². The van der Waals surface area contributed by atoms with Crippen LogP contribution in [0.15, 0.2) is 26.9 Å². The van der Waals surface area contributed by atoms with E-state index >= 15 is 0 Å². The zero-order chi connectivity index (χ0) is 21.6. The van der Waals surface area contributed by atoms with Crippen molar-refractivity contribution in [2.75, 3.05) is 13.6 Å². The Bertz CT molecular complexity index is 869. The Morgan fingerprint density at radius 1 is 1.03 bits per heavy atom. The second-order valence-corrected chi connectivity index (χ2v) is 13.8. The van der Waals surface area contributed by atoms with Gasteiger partial charge in [-0.05, 0) is 85.7 Å². The molecule has 0 aromatic heterocycles. The highest BCUT2D eigenvalue weighted by atomic mass is 32.2. The van der Waals surface area contributed by atoms with Crippen molar-refractivity contribution in [2.24, 2.45) is 10.9 Å². The van der Waals surface area contributed by atoms with E-state index < -0.39 is 0 Å². The van der Waals surface area contributed by atoms with Crippen molar-refractivity contribution in [2.45, 2.75) is 99.5 Å². The lowest BCUT2D eigenvalue weighted by molar-refractivity contribution is 0.00578. The van der Waals surface area contributed by atoms with E-state index in [1.54, 1.807) is 0 Å². The first-order chi connectivity index (χ1) is 14.7. The van der Waals surface area contributed by atoms with Gasteiger partial charge in [-0.3, -0.25) is 4.99 Å². The quantitative estimate of drug-likeness (QED) is 0.550. The van der Waals surface area contributed by atoms with Crippen LogP contribution in [0.25, 0.3) is 0 Å². The maximum atomic E-state index is 6.30. The Labute approximate surface area is 196 Å². The molecule has 0 radical (unpaired) electrons. The summed E-state index contributed by atoms with van der Waals surface area (Å²) < 4.78 is 12.6. The average molecular weight is 459 g/mol. The molecule has 0 bridgehead atoms. The number of hydrogen-bond donors (Lipinski definition) is 0. The fourth-order valence-corrected chi connectivity index (χ4v) is 9.28. The van der Waals surface area contributed by atoms with Gasteiger partial charge in [0.05, 0.1) is 16.7 Å². The van der Waals surface area contributed by atoms with Crippen LogP contribution < -0.4 is 0 Å². The van der Waals surface area contributed by atoms with Gasteiger partial charge in [0.25, 0.3) is 0 Å². The molecule has 0 amide bonds. The topological polar surface area (TPSA) is 34.1 Å². The third kappa shape index (κ3) is 3.20. The molecule has 6 rings (SSSR count). The van der Waals surface area contributed by atoms with Crippen molar-refractivity contribution < 1.29 is 9.31 Å². The first-order valence-corrected chi connectivity index (χ1v) is 13.9. The van der Waals surface area contributed by atoms with Gasteiger partial charge in [-0.25, -0.2) is 0 Å². The molecule has 1 saturated carbocycles. The summed E-state index contributed by atoms with van der Waals surface area (Å²) in [6.45, 7) is 9.77. The van der Waals surface area contributed by atoms with Gasteiger partial charge in [0.1, 0.15) is 0 Å². The monoisotopic (exact) mass is 458 g/mol. The molecular weight excluding hydrogens is 423 g/mol. The smallest absolute Gasteiger partial charge is 0.399 e. The maximum Gasteiger partial charge on any atom is 0.501 e. The minimum atomic E-state index is -0.275. The van der Waals surface area contributed by atoms with Crippen molar-refractivity contribution in [3.05, 3.63) is 21.9 Å². The molecule has 6 aliphatic rings. The molecule has 4 nitrogen and oxygen atoms in total. The first kappa shape index (κ1) is 21.3. The summed E-state index contributed by atoms with van der Waals surface area (Å²) in [5.41, 5.74) is 1.07. The number of likely N-dealkylation sites (tertiary alicyclic amines) is 1. The molecular formula is C24H35BN2O2S2. The van der Waals surface area contributed by atoms with E-state index in [1.807, 2.05) is 23.5 Å². The predicted molar refractivity (Wildman–Crippen MR) is 133 cm³/mol. The second kappa shape index (κ2) is 7.15. The summed E-state index contributed by atoms with van der Waals surface area (Å²) >= 11 is 3.97. The van der Waals surface area contributed by atoms with Crippen LogP contribution >= 0.6 is 23.5 Å². The number of fused-ring (bicyclic) bond motifs is 2. The van der Waals surface area contributed by atoms with Crippen molar-refractivity contribution in [3.8, 4) is 0 Å². The lowest BCUT2D eigenvalue weighted by Gasteiger charge is -2.55. The molecule has 5 aliphatic heterocycles. The summed E-state index contributed by atoms with van der Waals surface area (Å²) in [5.74, 6) is 0.817. The SMILES string of the molecule is CN1CCCC1C12CCC1CCC(C1=CC3SC(B4OC(C)(C)C(C)(C)O4)=CC3S1)=N2. The highest BCUT2D eigenvalue weighted by Crippen LogP contribution is 2.56. The second-order valence-electron chi connectivity index (χ2n) is 11.3. The van der Waals surface area contributed by atoms with Crippen LogP contribution in [0, 0.1) is 5.92 Å². The molecule has 1 aliphatic carbocycles. The molecule has 0 spiro atoms. The number of likely N-dealkylation sites (N-methyl/N-ethyl adjacent to an activating group) is 1. The van der Waals surface area contributed by atoms with E-state index in [1.165, 1.54) is 60.5 Å². The third-order valence-corrected chi connectivity index (χ3v) is 11.8. The highest BCUT2D eigenvalue weighted by molar-refractivity contribution is 8.10. The number of nitrogens with zero attached hydrogens (tertiary/aromatic N) is 2. The molecule has 5 heterocycles. The number of allylic oxidation sites excluding steroid dienone is 1. The van der Waals surface area contributed by atoms with Gasteiger partial charge in [0, 0.05) is 32.0 Å². The van der Waals surface area contributed by atoms with Gasteiger partial charge < -0.3 is 14.2 Å². The lowest BCUT2D eigenvalue weighted by Crippen LogP contribution is -2.60. The number of hydrogen-bond acceptors (Lipinski definition) is 6. The average Bonchev–Trinajstić information content (AvgIpc) is 3.39. The van der Waals surface area contributed by atoms with Crippen LogP contribution in [0.2, 0.25) is 0 Å². The summed E-state index contributed by atoms with van der Waals surface area (Å²) in [6.07, 6.45) is 12.7. The maximum absolute atomic E-state index is 6.30. The third-order valence-electron chi connectivity index (χ3n) is 9.04. The van der Waals surface area contributed by atoms with Crippen molar-refractivity contribution >= 4 is 36.4 Å². The molecule has 168 valence electrons.